The summed E-state index contributed by atoms with van der Waals surface area (Å²) in [7, 11) is 6.74. The first-order chi connectivity index (χ1) is 33.2. The van der Waals surface area contributed by atoms with Gasteiger partial charge in [0.15, 0.2) is 0 Å². The van der Waals surface area contributed by atoms with Crippen molar-refractivity contribution in [1.29, 1.82) is 0 Å². The highest BCUT2D eigenvalue weighted by Crippen LogP contribution is 2.33. The number of nitrogens with zero attached hydrogens (tertiary/aromatic N) is 1. The van der Waals surface area contributed by atoms with Crippen LogP contribution >= 0.6 is 0 Å². The van der Waals surface area contributed by atoms with Gasteiger partial charge in [-0.05, 0) is 109 Å². The first kappa shape index (κ1) is 66.1. The van der Waals surface area contributed by atoms with Crippen LogP contribution in [-0.2, 0) is 19.1 Å². The molecular weight excluding hydrogens is 835 g/mol. The Labute approximate surface area is 426 Å². The highest BCUT2D eigenvalue weighted by molar-refractivity contribution is 5.69. The van der Waals surface area contributed by atoms with Crippen LogP contribution in [0.15, 0.2) is 36.5 Å². The van der Waals surface area contributed by atoms with Gasteiger partial charge in [0.05, 0.1) is 27.7 Å². The number of hydrogen-bond donors (Lipinski definition) is 0. The van der Waals surface area contributed by atoms with Gasteiger partial charge in [0.25, 0.3) is 0 Å². The molecule has 5 nitrogen and oxygen atoms in total. The molecule has 0 saturated carbocycles. The van der Waals surface area contributed by atoms with Gasteiger partial charge in [-0.1, -0.05) is 224 Å². The summed E-state index contributed by atoms with van der Waals surface area (Å²) >= 11 is 0. The van der Waals surface area contributed by atoms with E-state index in [1.54, 1.807) is 0 Å². The van der Waals surface area contributed by atoms with E-state index in [1.807, 2.05) is 0 Å². The summed E-state index contributed by atoms with van der Waals surface area (Å²) in [5.74, 6) is -0.168. The predicted octanol–water partition coefficient (Wildman–Crippen LogP) is 20.0. The molecule has 0 spiro atoms. The van der Waals surface area contributed by atoms with Gasteiger partial charge in [0.2, 0.25) is 0 Å². The van der Waals surface area contributed by atoms with E-state index in [-0.39, 0.29) is 17.4 Å². The van der Waals surface area contributed by atoms with Crippen molar-refractivity contribution in [1.82, 2.24) is 0 Å². The Bertz CT molecular complexity index is 1090. The Morgan fingerprint density at radius 2 is 0.588 bits per heavy atom. The third-order valence-corrected chi connectivity index (χ3v) is 14.1. The maximum atomic E-state index is 13.2. The Kier molecular flexibility index (Phi) is 50.1. The first-order valence-corrected chi connectivity index (χ1v) is 30.2. The maximum Gasteiger partial charge on any atom is 0.305 e. The van der Waals surface area contributed by atoms with Crippen LogP contribution in [0.2, 0.25) is 0 Å². The van der Waals surface area contributed by atoms with Gasteiger partial charge in [-0.25, -0.2) is 0 Å². The lowest BCUT2D eigenvalue weighted by Gasteiger charge is -2.34. The zero-order valence-corrected chi connectivity index (χ0v) is 47.0. The minimum absolute atomic E-state index is 0.0840. The fourth-order valence-electron chi connectivity index (χ4n) is 9.42. The smallest absolute Gasteiger partial charge is 0.305 e. The molecule has 1 unspecified atom stereocenters. The fourth-order valence-corrected chi connectivity index (χ4v) is 9.42. The summed E-state index contributed by atoms with van der Waals surface area (Å²) < 4.78 is 13.2. The Morgan fingerprint density at radius 3 is 0.882 bits per heavy atom. The molecule has 0 heterocycles. The molecule has 0 saturated heterocycles. The van der Waals surface area contributed by atoms with Crippen molar-refractivity contribution in [2.75, 3.05) is 40.9 Å². The van der Waals surface area contributed by atoms with Gasteiger partial charge in [0.1, 0.15) is 13.2 Å². The molecule has 0 aromatic heterocycles. The molecule has 0 radical (unpaired) electrons. The predicted molar refractivity (Wildman–Crippen MR) is 299 cm³/mol. The molecule has 0 rings (SSSR count). The summed E-state index contributed by atoms with van der Waals surface area (Å²) in [5.41, 5.74) is -0.327. The van der Waals surface area contributed by atoms with Crippen molar-refractivity contribution >= 4 is 11.9 Å². The largest absolute Gasteiger partial charge is 0.465 e. The van der Waals surface area contributed by atoms with E-state index in [0.29, 0.717) is 26.1 Å². The van der Waals surface area contributed by atoms with Crippen LogP contribution in [-0.4, -0.2) is 57.3 Å². The molecule has 400 valence electrons. The normalized spacial score (nSPS) is 13.1. The van der Waals surface area contributed by atoms with E-state index < -0.39 is 0 Å². The SMILES string of the molecule is CCCCCCCCC=CCCCCCCCC(=O)OCC(CCCCCCCC/C=C\CCCCCCCC)(CCC[N+](C)(C)C)COC(=O)CCCCCCC/C=C\CCCCCCCC. The first-order valence-electron chi connectivity index (χ1n) is 30.2. The number of rotatable bonds is 54. The number of unbranched alkanes of at least 4 members (excludes halogenated alkanes) is 34. The number of ether oxygens (including phenoxy) is 2. The second-order valence-corrected chi connectivity index (χ2v) is 22.3. The number of carbonyl (C=O) groups is 2. The van der Waals surface area contributed by atoms with Gasteiger partial charge < -0.3 is 14.0 Å². The van der Waals surface area contributed by atoms with Gasteiger partial charge >= 0.3 is 11.9 Å². The molecule has 0 aromatic carbocycles. The lowest BCUT2D eigenvalue weighted by Crippen LogP contribution is -2.39. The third-order valence-electron chi connectivity index (χ3n) is 14.1. The van der Waals surface area contributed by atoms with Crippen molar-refractivity contribution in [2.45, 2.75) is 310 Å². The van der Waals surface area contributed by atoms with Crippen molar-refractivity contribution in [2.24, 2.45) is 5.41 Å². The van der Waals surface area contributed by atoms with Crippen molar-refractivity contribution in [3.8, 4) is 0 Å². The number of allylic oxidation sites excluding steroid dienone is 6. The van der Waals surface area contributed by atoms with E-state index in [0.717, 1.165) is 62.4 Å². The molecular formula is C63H120NO4+. The minimum Gasteiger partial charge on any atom is -0.465 e. The lowest BCUT2D eigenvalue weighted by molar-refractivity contribution is -0.870. The molecule has 0 aliphatic rings. The summed E-state index contributed by atoms with van der Waals surface area (Å²) in [4.78, 5) is 26.5. The highest BCUT2D eigenvalue weighted by Gasteiger charge is 2.34. The number of esters is 2. The van der Waals surface area contributed by atoms with Gasteiger partial charge in [-0.2, -0.15) is 0 Å². The van der Waals surface area contributed by atoms with Crippen LogP contribution in [0.1, 0.15) is 310 Å². The van der Waals surface area contributed by atoms with E-state index in [4.69, 9.17) is 9.47 Å². The van der Waals surface area contributed by atoms with Crippen LogP contribution in [0.25, 0.3) is 0 Å². The average Bonchev–Trinajstić information content (AvgIpc) is 3.32. The number of quaternary nitrogens is 1. The van der Waals surface area contributed by atoms with Crippen LogP contribution in [0.5, 0.6) is 0 Å². The Morgan fingerprint density at radius 1 is 0.338 bits per heavy atom. The monoisotopic (exact) mass is 955 g/mol. The van der Waals surface area contributed by atoms with Gasteiger partial charge in [-0.15, -0.1) is 0 Å². The van der Waals surface area contributed by atoms with E-state index in [1.165, 1.54) is 225 Å². The molecule has 68 heavy (non-hydrogen) atoms. The minimum atomic E-state index is -0.327. The quantitative estimate of drug-likeness (QED) is 0.0264. The molecule has 0 N–H and O–H groups in total. The standard InChI is InChI=1S/C63H120NO4/c1-7-10-13-16-19-22-25-28-31-34-37-40-43-46-49-52-56-63(57-53-58-64(4,5)6,59-67-61(65)54-50-47-44-41-38-35-32-29-26-23-20-17-14-11-8-2)60-68-62(66)55-51-48-45-42-39-36-33-30-27-24-21-18-15-12-9-3/h28-33H,7-27,34-60H2,1-6H3/q+1/b31-28-,32-29-,33-30?. The van der Waals surface area contributed by atoms with Gasteiger partial charge in [0, 0.05) is 18.3 Å². The van der Waals surface area contributed by atoms with Crippen LogP contribution in [0.3, 0.4) is 0 Å². The summed E-state index contributed by atoms with van der Waals surface area (Å²) in [5, 5.41) is 0. The summed E-state index contributed by atoms with van der Waals surface area (Å²) in [6.45, 7) is 8.61. The third kappa shape index (κ3) is 50.5. The molecule has 0 aromatic rings. The van der Waals surface area contributed by atoms with Crippen molar-refractivity contribution < 1.29 is 23.5 Å². The second kappa shape index (κ2) is 51.5. The van der Waals surface area contributed by atoms with Crippen LogP contribution in [0, 0.1) is 5.41 Å². The molecule has 0 fully saturated rings. The highest BCUT2D eigenvalue weighted by atomic mass is 16.5. The molecule has 0 aliphatic heterocycles. The number of carbonyl (C=O) groups excluding carboxylic acids is 2. The molecule has 0 aliphatic carbocycles. The second-order valence-electron chi connectivity index (χ2n) is 22.3. The van der Waals surface area contributed by atoms with E-state index in [9.17, 15) is 9.59 Å². The molecule has 0 bridgehead atoms. The lowest BCUT2D eigenvalue weighted by atomic mass is 9.79. The van der Waals surface area contributed by atoms with Gasteiger partial charge in [-0.3, -0.25) is 9.59 Å². The van der Waals surface area contributed by atoms with Crippen molar-refractivity contribution in [3.63, 3.8) is 0 Å². The van der Waals surface area contributed by atoms with Crippen LogP contribution < -0.4 is 0 Å². The zero-order valence-electron chi connectivity index (χ0n) is 47.0. The average molecular weight is 956 g/mol. The van der Waals surface area contributed by atoms with E-state index in [2.05, 4.69) is 78.4 Å². The molecule has 0 amide bonds. The van der Waals surface area contributed by atoms with Crippen molar-refractivity contribution in [3.05, 3.63) is 36.5 Å². The number of hydrogen-bond acceptors (Lipinski definition) is 4. The zero-order chi connectivity index (χ0) is 49.8. The molecule has 1 atom stereocenters. The fraction of sp³-hybridized carbons (Fsp3) is 0.873. The Balaban J connectivity index is 4.98. The topological polar surface area (TPSA) is 52.6 Å². The maximum absolute atomic E-state index is 13.2. The van der Waals surface area contributed by atoms with E-state index >= 15 is 0 Å². The summed E-state index contributed by atoms with van der Waals surface area (Å²) in [6, 6.07) is 0. The van der Waals surface area contributed by atoms with Crippen LogP contribution in [0.4, 0.5) is 0 Å². The Hall–Kier alpha value is -1.88. The summed E-state index contributed by atoms with van der Waals surface area (Å²) in [6.07, 6.45) is 68.6. The molecule has 5 heteroatoms.